The highest BCUT2D eigenvalue weighted by molar-refractivity contribution is 5.87. The highest BCUT2D eigenvalue weighted by Crippen LogP contribution is 2.10. The smallest absolute Gasteiger partial charge is 0.333 e. The van der Waals surface area contributed by atoms with Crippen LogP contribution in [0.3, 0.4) is 0 Å². The molecule has 0 spiro atoms. The quantitative estimate of drug-likeness (QED) is 0.416. The third kappa shape index (κ3) is 6.37. The number of methoxy groups -OCH3 is 1. The average molecular weight is 272 g/mol. The second-order valence-corrected chi connectivity index (χ2v) is 4.99. The maximum absolute atomic E-state index is 11.2. The maximum atomic E-state index is 11.2. The van der Waals surface area contributed by atoms with Crippen molar-refractivity contribution in [2.24, 2.45) is 0 Å². The lowest BCUT2D eigenvalue weighted by molar-refractivity contribution is -0.136. The summed E-state index contributed by atoms with van der Waals surface area (Å²) in [6.07, 6.45) is 8.25. The molecule has 108 valence electrons. The van der Waals surface area contributed by atoms with Gasteiger partial charge in [0.2, 0.25) is 0 Å². The second-order valence-electron chi connectivity index (χ2n) is 4.99. The van der Waals surface area contributed by atoms with Gasteiger partial charge in [-0.05, 0) is 45.1 Å². The van der Waals surface area contributed by atoms with Crippen LogP contribution in [0.1, 0.15) is 38.7 Å². The molecule has 0 bridgehead atoms. The Kier molecular flexibility index (Phi) is 7.41. The lowest BCUT2D eigenvalue weighted by atomic mass is 10.1. The molecule has 0 saturated carbocycles. The van der Waals surface area contributed by atoms with E-state index in [0.717, 1.165) is 25.7 Å². The van der Waals surface area contributed by atoms with Gasteiger partial charge in [0.1, 0.15) is 0 Å². The summed E-state index contributed by atoms with van der Waals surface area (Å²) in [5, 5.41) is 0. The van der Waals surface area contributed by atoms with Crippen molar-refractivity contribution in [2.75, 3.05) is 7.11 Å². The first kappa shape index (κ1) is 16.2. The van der Waals surface area contributed by atoms with Gasteiger partial charge < -0.3 is 4.74 Å². The number of carbonyl (C=O) groups excluding carboxylic acids is 1. The number of hydrogen-bond acceptors (Lipinski definition) is 2. The van der Waals surface area contributed by atoms with Gasteiger partial charge in [-0.15, -0.1) is 0 Å². The Morgan fingerprint density at radius 2 is 1.80 bits per heavy atom. The summed E-state index contributed by atoms with van der Waals surface area (Å²) >= 11 is 0. The molecule has 0 atom stereocenters. The van der Waals surface area contributed by atoms with E-state index in [4.69, 9.17) is 0 Å². The highest BCUT2D eigenvalue weighted by Gasteiger charge is 2.01. The van der Waals surface area contributed by atoms with Crippen molar-refractivity contribution in [3.05, 3.63) is 59.2 Å². The molecule has 1 rings (SSSR count). The summed E-state index contributed by atoms with van der Waals surface area (Å²) in [6, 6.07) is 10.5. The van der Waals surface area contributed by atoms with Crippen molar-refractivity contribution in [3.63, 3.8) is 0 Å². The zero-order valence-corrected chi connectivity index (χ0v) is 12.7. The number of hydrogen-bond donors (Lipinski definition) is 0. The monoisotopic (exact) mass is 272 g/mol. The topological polar surface area (TPSA) is 26.3 Å². The zero-order chi connectivity index (χ0) is 14.8. The van der Waals surface area contributed by atoms with E-state index in [1.165, 1.54) is 18.2 Å². The largest absolute Gasteiger partial charge is 0.466 e. The van der Waals surface area contributed by atoms with E-state index in [1.54, 1.807) is 6.92 Å². The average Bonchev–Trinajstić information content (AvgIpc) is 2.47. The lowest BCUT2D eigenvalue weighted by Crippen LogP contribution is -2.01. The summed E-state index contributed by atoms with van der Waals surface area (Å²) in [5.41, 5.74) is 3.43. The van der Waals surface area contributed by atoms with Gasteiger partial charge in [-0.2, -0.15) is 0 Å². The molecule has 0 fully saturated rings. The van der Waals surface area contributed by atoms with Crippen LogP contribution in [0.2, 0.25) is 0 Å². The molecule has 2 nitrogen and oxygen atoms in total. The minimum Gasteiger partial charge on any atom is -0.466 e. The fourth-order valence-corrected chi connectivity index (χ4v) is 1.99. The van der Waals surface area contributed by atoms with Gasteiger partial charge in [0.05, 0.1) is 7.11 Å². The Morgan fingerprint density at radius 1 is 1.10 bits per heavy atom. The van der Waals surface area contributed by atoms with Crippen molar-refractivity contribution in [2.45, 2.75) is 39.5 Å². The molecule has 0 aromatic heterocycles. The van der Waals surface area contributed by atoms with Gasteiger partial charge in [-0.1, -0.05) is 48.1 Å². The van der Waals surface area contributed by atoms with Gasteiger partial charge in [0, 0.05) is 5.57 Å². The first-order chi connectivity index (χ1) is 9.63. The van der Waals surface area contributed by atoms with E-state index in [0.29, 0.717) is 5.57 Å². The molecule has 0 unspecified atom stereocenters. The second kappa shape index (κ2) is 9.13. The third-order valence-electron chi connectivity index (χ3n) is 3.27. The first-order valence-corrected chi connectivity index (χ1v) is 7.08. The minimum absolute atomic E-state index is 0.240. The molecule has 0 saturated heterocycles. The summed E-state index contributed by atoms with van der Waals surface area (Å²) in [6.45, 7) is 3.94. The molecule has 0 heterocycles. The highest BCUT2D eigenvalue weighted by atomic mass is 16.5. The Morgan fingerprint density at radius 3 is 2.45 bits per heavy atom. The molecule has 20 heavy (non-hydrogen) atoms. The number of carbonyl (C=O) groups is 1. The Hall–Kier alpha value is -1.83. The van der Waals surface area contributed by atoms with Crippen LogP contribution >= 0.6 is 0 Å². The SMILES string of the molecule is COC(=O)C(C)=CCCC(C)=CCCc1ccccc1. The van der Waals surface area contributed by atoms with Crippen LogP contribution in [0.4, 0.5) is 0 Å². The molecular weight excluding hydrogens is 248 g/mol. The normalized spacial score (nSPS) is 12.3. The van der Waals surface area contributed by atoms with E-state index in [2.05, 4.69) is 42.0 Å². The van der Waals surface area contributed by atoms with Gasteiger partial charge in [0.15, 0.2) is 0 Å². The Balaban J connectivity index is 2.30. The fourth-order valence-electron chi connectivity index (χ4n) is 1.99. The fraction of sp³-hybridized carbons (Fsp3) is 0.389. The maximum Gasteiger partial charge on any atom is 0.333 e. The van der Waals surface area contributed by atoms with Crippen molar-refractivity contribution in [1.29, 1.82) is 0 Å². The van der Waals surface area contributed by atoms with Crippen molar-refractivity contribution < 1.29 is 9.53 Å². The number of rotatable bonds is 7. The van der Waals surface area contributed by atoms with E-state index < -0.39 is 0 Å². The summed E-state index contributed by atoms with van der Waals surface area (Å²) in [7, 11) is 1.41. The van der Waals surface area contributed by atoms with Crippen LogP contribution in [0.15, 0.2) is 53.6 Å². The predicted molar refractivity (Wildman–Crippen MR) is 83.5 cm³/mol. The molecule has 0 aliphatic heterocycles. The Bertz CT molecular complexity index is 469. The van der Waals surface area contributed by atoms with Crippen LogP contribution in [-0.4, -0.2) is 13.1 Å². The van der Waals surface area contributed by atoms with E-state index in [9.17, 15) is 4.79 Å². The number of allylic oxidation sites excluding steroid dienone is 3. The summed E-state index contributed by atoms with van der Waals surface area (Å²) in [5.74, 6) is -0.240. The number of aryl methyl sites for hydroxylation is 1. The predicted octanol–water partition coefficient (Wildman–Crippen LogP) is 4.47. The molecule has 1 aromatic rings. The molecular formula is C18H24O2. The van der Waals surface area contributed by atoms with Crippen molar-refractivity contribution >= 4 is 5.97 Å². The molecule has 0 radical (unpaired) electrons. The van der Waals surface area contributed by atoms with E-state index >= 15 is 0 Å². The molecule has 2 heteroatoms. The van der Waals surface area contributed by atoms with Crippen LogP contribution in [0.25, 0.3) is 0 Å². The molecule has 0 aliphatic carbocycles. The zero-order valence-electron chi connectivity index (χ0n) is 12.7. The Labute approximate surface area is 122 Å². The molecule has 0 amide bonds. The number of ether oxygens (including phenoxy) is 1. The van der Waals surface area contributed by atoms with Crippen LogP contribution in [0, 0.1) is 0 Å². The number of benzene rings is 1. The van der Waals surface area contributed by atoms with Crippen molar-refractivity contribution in [3.8, 4) is 0 Å². The third-order valence-corrected chi connectivity index (χ3v) is 3.27. The lowest BCUT2D eigenvalue weighted by Gasteiger charge is -2.01. The van der Waals surface area contributed by atoms with E-state index in [1.807, 2.05) is 12.1 Å². The summed E-state index contributed by atoms with van der Waals surface area (Å²) in [4.78, 5) is 11.2. The van der Waals surface area contributed by atoms with Gasteiger partial charge in [0.25, 0.3) is 0 Å². The standard InChI is InChI=1S/C18H24O2/c1-15(9-7-11-16(2)18(19)20-3)10-8-14-17-12-5-4-6-13-17/h4-6,10-13H,7-9,14H2,1-3H3. The summed E-state index contributed by atoms with van der Waals surface area (Å²) < 4.78 is 4.66. The van der Waals surface area contributed by atoms with Crippen LogP contribution in [-0.2, 0) is 16.0 Å². The van der Waals surface area contributed by atoms with E-state index in [-0.39, 0.29) is 5.97 Å². The first-order valence-electron chi connectivity index (χ1n) is 7.08. The molecule has 0 aliphatic rings. The van der Waals surface area contributed by atoms with Gasteiger partial charge in [-0.25, -0.2) is 4.79 Å². The van der Waals surface area contributed by atoms with Crippen LogP contribution < -0.4 is 0 Å². The minimum atomic E-state index is -0.240. The molecule has 1 aromatic carbocycles. The van der Waals surface area contributed by atoms with Gasteiger partial charge in [-0.3, -0.25) is 0 Å². The van der Waals surface area contributed by atoms with Crippen LogP contribution in [0.5, 0.6) is 0 Å². The van der Waals surface area contributed by atoms with Gasteiger partial charge >= 0.3 is 5.97 Å². The van der Waals surface area contributed by atoms with Crippen molar-refractivity contribution in [1.82, 2.24) is 0 Å². The molecule has 0 N–H and O–H groups in total. The number of esters is 1.